The third-order valence-corrected chi connectivity index (χ3v) is 10.3. The van der Waals surface area contributed by atoms with Crippen molar-refractivity contribution in [2.45, 2.75) is 87.5 Å². The van der Waals surface area contributed by atoms with Gasteiger partial charge in [-0.05, 0) is 93.0 Å². The van der Waals surface area contributed by atoms with E-state index in [9.17, 15) is 14.4 Å². The third-order valence-electron chi connectivity index (χ3n) is 10.3. The molecule has 3 aliphatic carbocycles. The monoisotopic (exact) mass is 508 g/mol. The van der Waals surface area contributed by atoms with Crippen molar-refractivity contribution in [1.82, 2.24) is 0 Å². The fourth-order valence-electron chi connectivity index (χ4n) is 8.24. The molecule has 0 spiro atoms. The van der Waals surface area contributed by atoms with Crippen LogP contribution in [0.15, 0.2) is 58.7 Å². The molecule has 2 aromatic rings. The minimum atomic E-state index is -0.881. The molecular weight excluding hydrogens is 468 g/mol. The molecule has 0 bridgehead atoms. The van der Waals surface area contributed by atoms with Crippen LogP contribution in [0.5, 0.6) is 0 Å². The Balaban J connectivity index is 1.73. The number of fused-ring (bicyclic) bond motifs is 3. The van der Waals surface area contributed by atoms with Gasteiger partial charge in [0.05, 0.1) is 11.0 Å². The van der Waals surface area contributed by atoms with Crippen LogP contribution in [0, 0.1) is 23.2 Å². The average Bonchev–Trinajstić information content (AvgIpc) is 2.81. The molecule has 38 heavy (non-hydrogen) atoms. The summed E-state index contributed by atoms with van der Waals surface area (Å²) in [6.07, 6.45) is 2.16. The maximum atomic E-state index is 14.5. The van der Waals surface area contributed by atoms with Gasteiger partial charge in [-0.2, -0.15) is 0 Å². The van der Waals surface area contributed by atoms with Crippen LogP contribution in [-0.2, 0) is 16.0 Å². The Kier molecular flexibility index (Phi) is 5.91. The predicted octanol–water partition coefficient (Wildman–Crippen LogP) is 8.14. The van der Waals surface area contributed by atoms with E-state index < -0.39 is 10.8 Å². The van der Waals surface area contributed by atoms with Crippen LogP contribution in [0.2, 0.25) is 0 Å². The van der Waals surface area contributed by atoms with Crippen molar-refractivity contribution >= 4 is 17.3 Å². The molecule has 0 aliphatic heterocycles. The molecule has 0 radical (unpaired) electrons. The molecule has 0 saturated carbocycles. The highest BCUT2D eigenvalue weighted by Gasteiger charge is 2.63. The summed E-state index contributed by atoms with van der Waals surface area (Å²) in [6, 6.07) is 13.0. The van der Waals surface area contributed by atoms with Gasteiger partial charge < -0.3 is 0 Å². The SMILES string of the molecule is CC(=O)C1=C(C)CC2(C)CC3(C)Cc4c(-c5ccc(C(C)C)cc5)ccc(C)c4C(=O)C3=C(C)C2(C)C1=O. The zero-order valence-electron chi connectivity index (χ0n) is 24.4. The van der Waals surface area contributed by atoms with Crippen LogP contribution < -0.4 is 0 Å². The summed E-state index contributed by atoms with van der Waals surface area (Å²) in [5.41, 5.74) is 7.65. The molecule has 0 heterocycles. The second-order valence-electron chi connectivity index (χ2n) is 13.2. The van der Waals surface area contributed by atoms with E-state index in [0.717, 1.165) is 57.4 Å². The maximum Gasteiger partial charge on any atom is 0.190 e. The van der Waals surface area contributed by atoms with E-state index in [0.29, 0.717) is 17.9 Å². The Hall–Kier alpha value is -3.07. The summed E-state index contributed by atoms with van der Waals surface area (Å²) in [7, 11) is 0. The molecule has 3 heteroatoms. The van der Waals surface area contributed by atoms with Crippen molar-refractivity contribution in [3.8, 4) is 11.1 Å². The number of hydrogen-bond donors (Lipinski definition) is 0. The van der Waals surface area contributed by atoms with Gasteiger partial charge >= 0.3 is 0 Å². The molecule has 0 N–H and O–H groups in total. The van der Waals surface area contributed by atoms with Gasteiger partial charge in [0.1, 0.15) is 0 Å². The number of carbonyl (C=O) groups excluding carboxylic acids is 3. The number of hydrogen-bond acceptors (Lipinski definition) is 3. The van der Waals surface area contributed by atoms with Crippen molar-refractivity contribution in [1.29, 1.82) is 0 Å². The minimum Gasteiger partial charge on any atom is -0.294 e. The lowest BCUT2D eigenvalue weighted by atomic mass is 9.42. The quantitative estimate of drug-likeness (QED) is 0.393. The molecule has 0 saturated heterocycles. The zero-order valence-corrected chi connectivity index (χ0v) is 24.4. The fraction of sp³-hybridized carbons (Fsp3) is 0.457. The zero-order chi connectivity index (χ0) is 27.9. The van der Waals surface area contributed by atoms with Crippen molar-refractivity contribution in [3.63, 3.8) is 0 Å². The largest absolute Gasteiger partial charge is 0.294 e. The summed E-state index contributed by atoms with van der Waals surface area (Å²) in [5.74, 6) is 0.226. The van der Waals surface area contributed by atoms with E-state index in [1.165, 1.54) is 12.5 Å². The normalized spacial score (nSPS) is 28.9. The topological polar surface area (TPSA) is 51.2 Å². The van der Waals surface area contributed by atoms with Crippen LogP contribution in [0.4, 0.5) is 0 Å². The van der Waals surface area contributed by atoms with E-state index in [-0.39, 0.29) is 22.8 Å². The van der Waals surface area contributed by atoms with Crippen molar-refractivity contribution in [2.24, 2.45) is 16.2 Å². The molecule has 3 unspecified atom stereocenters. The summed E-state index contributed by atoms with van der Waals surface area (Å²) in [6.45, 7) is 18.2. The van der Waals surface area contributed by atoms with E-state index in [4.69, 9.17) is 0 Å². The molecule has 2 aromatic carbocycles. The van der Waals surface area contributed by atoms with Crippen LogP contribution in [0.1, 0.15) is 101 Å². The highest BCUT2D eigenvalue weighted by Crippen LogP contribution is 2.66. The number of carbonyl (C=O) groups is 3. The van der Waals surface area contributed by atoms with Crippen LogP contribution >= 0.6 is 0 Å². The molecule has 198 valence electrons. The number of allylic oxidation sites excluding steroid dienone is 4. The standard InChI is InChI=1S/C35H40O3/c1-19(2)24-11-13-25(14-12-24)26-15-10-20(3)29-27(26)17-33(7)18-34(8)16-21(4)28(23(6)36)32(38)35(34,9)22(5)30(33)31(29)37/h10-15,19H,16-18H2,1-9H3. The molecule has 0 amide bonds. The Labute approximate surface area is 227 Å². The Morgan fingerprint density at radius 1 is 0.895 bits per heavy atom. The predicted molar refractivity (Wildman–Crippen MR) is 153 cm³/mol. The fourth-order valence-corrected chi connectivity index (χ4v) is 8.24. The summed E-state index contributed by atoms with van der Waals surface area (Å²) < 4.78 is 0. The summed E-state index contributed by atoms with van der Waals surface area (Å²) in [4.78, 5) is 41.0. The first-order chi connectivity index (χ1) is 17.7. The van der Waals surface area contributed by atoms with Crippen LogP contribution in [0.25, 0.3) is 11.1 Å². The number of ketones is 3. The van der Waals surface area contributed by atoms with E-state index >= 15 is 0 Å². The number of Topliss-reactive ketones (excluding diaryl/α,β-unsaturated/α-hetero) is 3. The molecule has 0 fully saturated rings. The van der Waals surface area contributed by atoms with Crippen molar-refractivity contribution in [3.05, 3.63) is 80.9 Å². The Bertz CT molecular complexity index is 1480. The lowest BCUT2D eigenvalue weighted by Gasteiger charge is -2.59. The van der Waals surface area contributed by atoms with E-state index in [1.54, 1.807) is 0 Å². The van der Waals surface area contributed by atoms with Gasteiger partial charge in [0.25, 0.3) is 0 Å². The molecule has 0 aromatic heterocycles. The van der Waals surface area contributed by atoms with E-state index in [2.05, 4.69) is 64.1 Å². The van der Waals surface area contributed by atoms with Crippen molar-refractivity contribution < 1.29 is 14.4 Å². The van der Waals surface area contributed by atoms with Crippen LogP contribution in [0.3, 0.4) is 0 Å². The third kappa shape index (κ3) is 3.43. The van der Waals surface area contributed by atoms with E-state index in [1.807, 2.05) is 27.7 Å². The lowest BCUT2D eigenvalue weighted by Crippen LogP contribution is -2.57. The van der Waals surface area contributed by atoms with Gasteiger partial charge in [0.2, 0.25) is 0 Å². The highest BCUT2D eigenvalue weighted by atomic mass is 16.2. The first-order valence-corrected chi connectivity index (χ1v) is 13.9. The highest BCUT2D eigenvalue weighted by molar-refractivity contribution is 6.24. The smallest absolute Gasteiger partial charge is 0.190 e. The number of aryl methyl sites for hydroxylation is 1. The maximum absolute atomic E-state index is 14.5. The average molecular weight is 509 g/mol. The number of benzene rings is 2. The summed E-state index contributed by atoms with van der Waals surface area (Å²) >= 11 is 0. The Morgan fingerprint density at radius 3 is 2.11 bits per heavy atom. The van der Waals surface area contributed by atoms with Gasteiger partial charge in [-0.1, -0.05) is 75.2 Å². The molecule has 3 atom stereocenters. The van der Waals surface area contributed by atoms with Gasteiger partial charge in [-0.15, -0.1) is 0 Å². The first-order valence-electron chi connectivity index (χ1n) is 13.9. The first kappa shape index (κ1) is 26.5. The van der Waals surface area contributed by atoms with Crippen LogP contribution in [-0.4, -0.2) is 17.3 Å². The van der Waals surface area contributed by atoms with Gasteiger partial charge in [0.15, 0.2) is 17.3 Å². The van der Waals surface area contributed by atoms with Crippen molar-refractivity contribution in [2.75, 3.05) is 0 Å². The number of rotatable bonds is 3. The lowest BCUT2D eigenvalue weighted by molar-refractivity contribution is -0.134. The van der Waals surface area contributed by atoms with Gasteiger partial charge in [0, 0.05) is 16.6 Å². The minimum absolute atomic E-state index is 0.0520. The second-order valence-corrected chi connectivity index (χ2v) is 13.2. The Morgan fingerprint density at radius 2 is 1.53 bits per heavy atom. The second kappa shape index (κ2) is 8.46. The summed E-state index contributed by atoms with van der Waals surface area (Å²) in [5, 5.41) is 0. The molecule has 5 rings (SSSR count). The molecule has 3 aliphatic rings. The van der Waals surface area contributed by atoms with Gasteiger partial charge in [-0.3, -0.25) is 14.4 Å². The van der Waals surface area contributed by atoms with Gasteiger partial charge in [-0.25, -0.2) is 0 Å². The molecular formula is C35H40O3. The molecule has 3 nitrogen and oxygen atoms in total.